The molecule has 0 spiro atoms. The lowest BCUT2D eigenvalue weighted by Gasteiger charge is -2.22. The zero-order valence-electron chi connectivity index (χ0n) is 18.1. The molecule has 3 heteroatoms. The third-order valence-electron chi connectivity index (χ3n) is 6.44. The summed E-state index contributed by atoms with van der Waals surface area (Å²) in [6.45, 7) is 0. The highest BCUT2D eigenvalue weighted by molar-refractivity contribution is 6.33. The second kappa shape index (κ2) is 7.75. The predicted molar refractivity (Wildman–Crippen MR) is 133 cm³/mol. The quantitative estimate of drug-likeness (QED) is 0.296. The van der Waals surface area contributed by atoms with E-state index >= 15 is 0 Å². The van der Waals surface area contributed by atoms with Gasteiger partial charge in [0.15, 0.2) is 17.3 Å². The molecule has 0 atom stereocenters. The van der Waals surface area contributed by atoms with Crippen molar-refractivity contribution in [3.63, 3.8) is 0 Å². The lowest BCUT2D eigenvalue weighted by Crippen LogP contribution is -2.24. The van der Waals surface area contributed by atoms with E-state index < -0.39 is 0 Å². The zero-order chi connectivity index (χ0) is 23.2. The molecule has 160 valence electrons. The first-order valence-electron chi connectivity index (χ1n) is 11.1. The van der Waals surface area contributed by atoms with E-state index in [1.165, 1.54) is 0 Å². The van der Waals surface area contributed by atoms with Gasteiger partial charge in [-0.25, -0.2) is 0 Å². The van der Waals surface area contributed by atoms with Crippen LogP contribution in [0.1, 0.15) is 47.8 Å². The lowest BCUT2D eigenvalue weighted by atomic mass is 9.77. The minimum atomic E-state index is -0.299. The Bertz CT molecular complexity index is 1640. The highest BCUT2D eigenvalue weighted by atomic mass is 16.1. The van der Waals surface area contributed by atoms with Crippen molar-refractivity contribution >= 4 is 28.1 Å². The molecule has 5 aromatic carbocycles. The summed E-state index contributed by atoms with van der Waals surface area (Å²) in [7, 11) is 0. The van der Waals surface area contributed by atoms with Crippen molar-refractivity contribution in [2.24, 2.45) is 0 Å². The number of rotatable bonds is 3. The van der Waals surface area contributed by atoms with Gasteiger partial charge in [-0.1, -0.05) is 103 Å². The number of carbonyl (C=O) groups excluding carboxylic acids is 3. The first kappa shape index (κ1) is 20.0. The Labute approximate surface area is 196 Å². The molecule has 6 rings (SSSR count). The second-order valence-corrected chi connectivity index (χ2v) is 8.34. The van der Waals surface area contributed by atoms with Crippen LogP contribution in [-0.2, 0) is 0 Å². The Kier molecular flexibility index (Phi) is 4.56. The Morgan fingerprint density at radius 3 is 1.85 bits per heavy atom. The van der Waals surface area contributed by atoms with E-state index in [0.29, 0.717) is 22.3 Å². The van der Waals surface area contributed by atoms with Gasteiger partial charge in [-0.2, -0.15) is 0 Å². The lowest BCUT2D eigenvalue weighted by molar-refractivity contribution is 0.0971. The van der Waals surface area contributed by atoms with Crippen molar-refractivity contribution in [3.8, 4) is 11.1 Å². The minimum Gasteiger partial charge on any atom is -0.289 e. The number of benzene rings is 5. The summed E-state index contributed by atoms with van der Waals surface area (Å²) in [6.07, 6.45) is 0. The number of hydrogen-bond acceptors (Lipinski definition) is 3. The molecule has 0 amide bonds. The van der Waals surface area contributed by atoms with E-state index in [1.54, 1.807) is 60.7 Å². The summed E-state index contributed by atoms with van der Waals surface area (Å²) >= 11 is 0. The first-order valence-corrected chi connectivity index (χ1v) is 11.1. The van der Waals surface area contributed by atoms with Gasteiger partial charge in [-0.05, 0) is 28.0 Å². The summed E-state index contributed by atoms with van der Waals surface area (Å²) in [5, 5.41) is 2.01. The third kappa shape index (κ3) is 2.95. The second-order valence-electron chi connectivity index (χ2n) is 8.34. The maximum atomic E-state index is 13.9. The average molecular weight is 438 g/mol. The van der Waals surface area contributed by atoms with E-state index in [-0.39, 0.29) is 34.0 Å². The van der Waals surface area contributed by atoms with Crippen LogP contribution in [0.5, 0.6) is 0 Å². The Hall–Kier alpha value is -4.63. The van der Waals surface area contributed by atoms with Crippen molar-refractivity contribution in [3.05, 3.63) is 143 Å². The molecule has 1 aliphatic carbocycles. The average Bonchev–Trinajstić information content (AvgIpc) is 2.90. The fourth-order valence-corrected chi connectivity index (χ4v) is 4.84. The molecule has 1 aliphatic rings. The van der Waals surface area contributed by atoms with Gasteiger partial charge in [0.2, 0.25) is 0 Å². The van der Waals surface area contributed by atoms with E-state index in [4.69, 9.17) is 0 Å². The molecule has 0 bridgehead atoms. The van der Waals surface area contributed by atoms with Crippen LogP contribution in [0.15, 0.2) is 109 Å². The normalized spacial score (nSPS) is 12.4. The van der Waals surface area contributed by atoms with Crippen molar-refractivity contribution < 1.29 is 14.4 Å². The summed E-state index contributed by atoms with van der Waals surface area (Å²) in [5.74, 6) is -0.815. The molecule has 34 heavy (non-hydrogen) atoms. The van der Waals surface area contributed by atoms with E-state index in [2.05, 4.69) is 0 Å². The van der Waals surface area contributed by atoms with Crippen LogP contribution >= 0.6 is 0 Å². The summed E-state index contributed by atoms with van der Waals surface area (Å²) < 4.78 is 0. The topological polar surface area (TPSA) is 51.2 Å². The monoisotopic (exact) mass is 438 g/mol. The van der Waals surface area contributed by atoms with Crippen molar-refractivity contribution in [1.29, 1.82) is 0 Å². The molecular formula is C31H18O3. The molecule has 0 aromatic heterocycles. The largest absolute Gasteiger partial charge is 0.289 e. The third-order valence-corrected chi connectivity index (χ3v) is 6.44. The highest BCUT2D eigenvalue weighted by Gasteiger charge is 2.35. The Morgan fingerprint density at radius 2 is 1.06 bits per heavy atom. The minimum absolute atomic E-state index is 0.183. The van der Waals surface area contributed by atoms with Gasteiger partial charge in [0, 0.05) is 33.4 Å². The molecule has 5 aromatic rings. The summed E-state index contributed by atoms with van der Waals surface area (Å²) in [5.41, 5.74) is 3.39. The Balaban J connectivity index is 1.71. The number of carbonyl (C=O) groups is 3. The molecule has 0 aliphatic heterocycles. The molecule has 3 nitrogen and oxygen atoms in total. The van der Waals surface area contributed by atoms with Crippen LogP contribution in [0, 0.1) is 0 Å². The van der Waals surface area contributed by atoms with Crippen LogP contribution in [0.2, 0.25) is 0 Å². The molecule has 0 saturated carbocycles. The molecule has 0 heterocycles. The van der Waals surface area contributed by atoms with Crippen LogP contribution in [0.25, 0.3) is 21.9 Å². The molecular weight excluding hydrogens is 420 g/mol. The van der Waals surface area contributed by atoms with E-state index in [9.17, 15) is 14.4 Å². The van der Waals surface area contributed by atoms with Gasteiger partial charge < -0.3 is 0 Å². The zero-order valence-corrected chi connectivity index (χ0v) is 18.1. The smallest absolute Gasteiger partial charge is 0.195 e. The van der Waals surface area contributed by atoms with Gasteiger partial charge in [0.25, 0.3) is 0 Å². The van der Waals surface area contributed by atoms with Crippen LogP contribution < -0.4 is 0 Å². The van der Waals surface area contributed by atoms with Crippen LogP contribution in [0.4, 0.5) is 0 Å². The molecule has 0 fully saturated rings. The van der Waals surface area contributed by atoms with Crippen molar-refractivity contribution in [2.45, 2.75) is 0 Å². The standard InChI is InChI=1S/C31H18O3/c32-29(20-10-2-1-3-11-20)27-23(22-16-8-12-19-9-4-5-13-21(19)22)17-18-26-28(27)31(34)25-15-7-6-14-24(25)30(26)33/h1-18H. The van der Waals surface area contributed by atoms with Crippen LogP contribution in [0.3, 0.4) is 0 Å². The predicted octanol–water partition coefficient (Wildman–Crippen LogP) is 6.51. The number of hydrogen-bond donors (Lipinski definition) is 0. The van der Waals surface area contributed by atoms with Crippen molar-refractivity contribution in [1.82, 2.24) is 0 Å². The van der Waals surface area contributed by atoms with E-state index in [0.717, 1.165) is 16.3 Å². The van der Waals surface area contributed by atoms with Gasteiger partial charge >= 0.3 is 0 Å². The van der Waals surface area contributed by atoms with Gasteiger partial charge in [0.1, 0.15) is 0 Å². The fraction of sp³-hybridized carbons (Fsp3) is 0. The number of ketones is 3. The first-order chi connectivity index (χ1) is 16.6. The van der Waals surface area contributed by atoms with E-state index in [1.807, 2.05) is 48.5 Å². The highest BCUT2D eigenvalue weighted by Crippen LogP contribution is 2.38. The molecule has 0 N–H and O–H groups in total. The van der Waals surface area contributed by atoms with Gasteiger partial charge in [-0.15, -0.1) is 0 Å². The maximum absolute atomic E-state index is 13.9. The van der Waals surface area contributed by atoms with Gasteiger partial charge in [0.05, 0.1) is 0 Å². The Morgan fingerprint density at radius 1 is 0.471 bits per heavy atom. The van der Waals surface area contributed by atoms with Crippen molar-refractivity contribution in [2.75, 3.05) is 0 Å². The maximum Gasteiger partial charge on any atom is 0.195 e. The molecule has 0 saturated heterocycles. The molecule has 0 radical (unpaired) electrons. The number of fused-ring (bicyclic) bond motifs is 3. The summed E-state index contributed by atoms with van der Waals surface area (Å²) in [4.78, 5) is 41.1. The van der Waals surface area contributed by atoms with Gasteiger partial charge in [-0.3, -0.25) is 14.4 Å². The van der Waals surface area contributed by atoms with Crippen LogP contribution in [-0.4, -0.2) is 17.3 Å². The molecule has 0 unspecified atom stereocenters. The fourth-order valence-electron chi connectivity index (χ4n) is 4.84. The SMILES string of the molecule is O=C1c2ccccc2C(=O)c2c1ccc(-c1cccc3ccccc13)c2C(=O)c1ccccc1. The summed E-state index contributed by atoms with van der Waals surface area (Å²) in [6, 6.07) is 33.0.